The molecule has 0 aliphatic rings. The lowest BCUT2D eigenvalue weighted by Crippen LogP contribution is -1.97. The van der Waals surface area contributed by atoms with Gasteiger partial charge < -0.3 is 0 Å². The summed E-state index contributed by atoms with van der Waals surface area (Å²) in [6.45, 7) is 4.17. The van der Waals surface area contributed by atoms with Crippen LogP contribution < -0.4 is 5.30 Å². The van der Waals surface area contributed by atoms with Crippen LogP contribution in [0.25, 0.3) is 0 Å². The Morgan fingerprint density at radius 2 is 2.00 bits per heavy atom. The minimum absolute atomic E-state index is 0.397. The number of rotatable bonds is 1. The van der Waals surface area contributed by atoms with Crippen LogP contribution in [-0.4, -0.2) is 0 Å². The zero-order valence-electron chi connectivity index (χ0n) is 6.11. The molecule has 0 radical (unpaired) electrons. The van der Waals surface area contributed by atoms with Crippen LogP contribution in [0.1, 0.15) is 11.1 Å². The Morgan fingerprint density at radius 3 is 2.50 bits per heavy atom. The predicted molar refractivity (Wildman–Crippen MR) is 49.7 cm³/mol. The standard InChI is InChI=1S/C8H10ClP/c1-6-3-4-7(2)8(5-6)10-9/h3-5,10H,1-2H3. The molecule has 1 rings (SSSR count). The third kappa shape index (κ3) is 1.71. The van der Waals surface area contributed by atoms with E-state index in [-0.39, 0.29) is 0 Å². The highest BCUT2D eigenvalue weighted by molar-refractivity contribution is 7.75. The SMILES string of the molecule is Cc1ccc(C)c(PCl)c1. The highest BCUT2D eigenvalue weighted by Gasteiger charge is 1.94. The second kappa shape index (κ2) is 3.37. The molecule has 54 valence electrons. The van der Waals surface area contributed by atoms with Crippen molar-refractivity contribution in [1.29, 1.82) is 0 Å². The lowest BCUT2D eigenvalue weighted by molar-refractivity contribution is 1.43. The summed E-state index contributed by atoms with van der Waals surface area (Å²) in [7, 11) is 0.397. The molecule has 1 aromatic rings. The smallest absolute Gasteiger partial charge is 0.00687 e. The molecule has 0 saturated heterocycles. The molecule has 0 amide bonds. The number of benzene rings is 1. The summed E-state index contributed by atoms with van der Waals surface area (Å²) >= 11 is 5.73. The lowest BCUT2D eigenvalue weighted by atomic mass is 10.2. The van der Waals surface area contributed by atoms with E-state index in [1.54, 1.807) is 0 Å². The van der Waals surface area contributed by atoms with E-state index in [1.807, 2.05) is 0 Å². The van der Waals surface area contributed by atoms with E-state index in [2.05, 4.69) is 32.0 Å². The van der Waals surface area contributed by atoms with Crippen molar-refractivity contribution < 1.29 is 0 Å². The lowest BCUT2D eigenvalue weighted by Gasteiger charge is -2.00. The van der Waals surface area contributed by atoms with E-state index in [1.165, 1.54) is 16.4 Å². The van der Waals surface area contributed by atoms with Gasteiger partial charge in [-0.05, 0) is 24.7 Å². The summed E-state index contributed by atoms with van der Waals surface area (Å²) in [5.41, 5.74) is 2.58. The first kappa shape index (κ1) is 8.04. The molecule has 0 nitrogen and oxygen atoms in total. The van der Waals surface area contributed by atoms with Gasteiger partial charge in [-0.3, -0.25) is 0 Å². The van der Waals surface area contributed by atoms with E-state index < -0.39 is 0 Å². The van der Waals surface area contributed by atoms with E-state index in [0.717, 1.165) is 0 Å². The van der Waals surface area contributed by atoms with E-state index in [9.17, 15) is 0 Å². The quantitative estimate of drug-likeness (QED) is 0.572. The van der Waals surface area contributed by atoms with Crippen LogP contribution in [0.2, 0.25) is 0 Å². The van der Waals surface area contributed by atoms with Crippen molar-refractivity contribution in [3.8, 4) is 0 Å². The van der Waals surface area contributed by atoms with Crippen LogP contribution in [0.3, 0.4) is 0 Å². The Hall–Kier alpha value is -0.0600. The maximum absolute atomic E-state index is 5.73. The van der Waals surface area contributed by atoms with Crippen molar-refractivity contribution in [2.45, 2.75) is 13.8 Å². The number of hydrogen-bond acceptors (Lipinski definition) is 0. The van der Waals surface area contributed by atoms with E-state index in [4.69, 9.17) is 11.2 Å². The van der Waals surface area contributed by atoms with Crippen molar-refractivity contribution in [3.05, 3.63) is 29.3 Å². The molecule has 2 heteroatoms. The molecular weight excluding hydrogens is 163 g/mol. The molecular formula is C8H10ClP. The number of hydrogen-bond donors (Lipinski definition) is 0. The monoisotopic (exact) mass is 172 g/mol. The average Bonchev–Trinajstić information content (AvgIpc) is 1.94. The Bertz CT molecular complexity index is 233. The first-order valence-electron chi connectivity index (χ1n) is 3.18. The molecule has 0 heterocycles. The van der Waals surface area contributed by atoms with Crippen LogP contribution in [0.5, 0.6) is 0 Å². The van der Waals surface area contributed by atoms with Gasteiger partial charge in [0.25, 0.3) is 0 Å². The summed E-state index contributed by atoms with van der Waals surface area (Å²) in [6, 6.07) is 6.36. The highest BCUT2D eigenvalue weighted by Crippen LogP contribution is 2.18. The summed E-state index contributed by atoms with van der Waals surface area (Å²) in [4.78, 5) is 0. The predicted octanol–water partition coefficient (Wildman–Crippen LogP) is 2.76. The van der Waals surface area contributed by atoms with Crippen LogP contribution in [0.4, 0.5) is 0 Å². The van der Waals surface area contributed by atoms with Crippen molar-refractivity contribution in [3.63, 3.8) is 0 Å². The first-order valence-corrected chi connectivity index (χ1v) is 5.19. The molecule has 1 atom stereocenters. The minimum atomic E-state index is 0.397. The van der Waals surface area contributed by atoms with Crippen LogP contribution in [-0.2, 0) is 0 Å². The average molecular weight is 173 g/mol. The molecule has 1 unspecified atom stereocenters. The van der Waals surface area contributed by atoms with Gasteiger partial charge in [-0.2, -0.15) is 0 Å². The van der Waals surface area contributed by atoms with Crippen LogP contribution >= 0.6 is 19.2 Å². The summed E-state index contributed by atoms with van der Waals surface area (Å²) in [5, 5.41) is 1.27. The molecule has 0 saturated carbocycles. The molecule has 1 aromatic carbocycles. The maximum atomic E-state index is 5.73. The number of aryl methyl sites for hydroxylation is 2. The van der Waals surface area contributed by atoms with Crippen LogP contribution in [0, 0.1) is 13.8 Å². The molecule has 0 aliphatic heterocycles. The zero-order chi connectivity index (χ0) is 7.56. The van der Waals surface area contributed by atoms with Crippen LogP contribution in [0.15, 0.2) is 18.2 Å². The van der Waals surface area contributed by atoms with Crippen molar-refractivity contribution in [1.82, 2.24) is 0 Å². The van der Waals surface area contributed by atoms with Crippen molar-refractivity contribution in [2.75, 3.05) is 0 Å². The third-order valence-electron chi connectivity index (χ3n) is 1.49. The maximum Gasteiger partial charge on any atom is 0.00687 e. The topological polar surface area (TPSA) is 0 Å². The van der Waals surface area contributed by atoms with E-state index >= 15 is 0 Å². The Kier molecular flexibility index (Phi) is 2.71. The Balaban J connectivity index is 3.09. The summed E-state index contributed by atoms with van der Waals surface area (Å²) < 4.78 is 0. The normalized spacial score (nSPS) is 11.1. The van der Waals surface area contributed by atoms with Gasteiger partial charge in [0.05, 0.1) is 0 Å². The second-order valence-corrected chi connectivity index (χ2v) is 3.71. The fourth-order valence-electron chi connectivity index (χ4n) is 0.838. The highest BCUT2D eigenvalue weighted by atomic mass is 35.7. The minimum Gasteiger partial charge on any atom is -0.0948 e. The fraction of sp³-hybridized carbons (Fsp3) is 0.250. The number of halogens is 1. The molecule has 0 aliphatic carbocycles. The first-order chi connectivity index (χ1) is 4.74. The zero-order valence-corrected chi connectivity index (χ0v) is 7.87. The molecule has 0 spiro atoms. The second-order valence-electron chi connectivity index (χ2n) is 2.41. The van der Waals surface area contributed by atoms with Gasteiger partial charge in [-0.25, -0.2) is 0 Å². The van der Waals surface area contributed by atoms with Crippen molar-refractivity contribution in [2.24, 2.45) is 0 Å². The van der Waals surface area contributed by atoms with Gasteiger partial charge in [-0.1, -0.05) is 35.0 Å². The van der Waals surface area contributed by atoms with Gasteiger partial charge in [0.1, 0.15) is 0 Å². The molecule has 0 bridgehead atoms. The molecule has 10 heavy (non-hydrogen) atoms. The van der Waals surface area contributed by atoms with Gasteiger partial charge in [0, 0.05) is 7.93 Å². The largest absolute Gasteiger partial charge is 0.0948 e. The summed E-state index contributed by atoms with van der Waals surface area (Å²) in [6.07, 6.45) is 0. The Labute approximate surface area is 68.2 Å². The molecule has 0 N–H and O–H groups in total. The molecule has 0 fully saturated rings. The van der Waals surface area contributed by atoms with Gasteiger partial charge >= 0.3 is 0 Å². The van der Waals surface area contributed by atoms with Gasteiger partial charge in [-0.15, -0.1) is 0 Å². The van der Waals surface area contributed by atoms with Gasteiger partial charge in [0.2, 0.25) is 0 Å². The Morgan fingerprint density at radius 1 is 1.30 bits per heavy atom. The molecule has 0 aromatic heterocycles. The van der Waals surface area contributed by atoms with Gasteiger partial charge in [0.15, 0.2) is 0 Å². The van der Waals surface area contributed by atoms with E-state index in [0.29, 0.717) is 7.93 Å². The summed E-state index contributed by atoms with van der Waals surface area (Å²) in [5.74, 6) is 0. The van der Waals surface area contributed by atoms with Crippen molar-refractivity contribution >= 4 is 24.5 Å². The fourth-order valence-corrected chi connectivity index (χ4v) is 1.96. The third-order valence-corrected chi connectivity index (χ3v) is 2.85.